The summed E-state index contributed by atoms with van der Waals surface area (Å²) in [5.41, 5.74) is 1.87. The van der Waals surface area contributed by atoms with Gasteiger partial charge in [0.2, 0.25) is 0 Å². The van der Waals surface area contributed by atoms with Gasteiger partial charge in [-0.3, -0.25) is 0 Å². The van der Waals surface area contributed by atoms with Gasteiger partial charge in [0.1, 0.15) is 6.61 Å². The van der Waals surface area contributed by atoms with Crippen molar-refractivity contribution in [1.29, 1.82) is 0 Å². The lowest BCUT2D eigenvalue weighted by molar-refractivity contribution is 0.278. The standard InChI is InChI=1S/C18H20BrCl2NO3/c1-24-17-6-4-14(19)13(10-22-7-2-8-23)18(17)25-11-12-3-5-15(20)16(21)9-12/h3-6,9,22-23H,2,7-8,10-11H2,1H3. The Morgan fingerprint density at radius 2 is 1.96 bits per heavy atom. The largest absolute Gasteiger partial charge is 0.493 e. The van der Waals surface area contributed by atoms with E-state index >= 15 is 0 Å². The smallest absolute Gasteiger partial charge is 0.167 e. The van der Waals surface area contributed by atoms with Crippen LogP contribution < -0.4 is 14.8 Å². The van der Waals surface area contributed by atoms with E-state index in [-0.39, 0.29) is 6.61 Å². The molecule has 2 aromatic rings. The maximum atomic E-state index is 8.89. The van der Waals surface area contributed by atoms with Crippen LogP contribution in [0, 0.1) is 0 Å². The number of benzene rings is 2. The second-order valence-electron chi connectivity index (χ2n) is 5.35. The summed E-state index contributed by atoms with van der Waals surface area (Å²) in [6, 6.07) is 9.18. The van der Waals surface area contributed by atoms with E-state index in [1.54, 1.807) is 19.2 Å². The molecular formula is C18H20BrCl2NO3. The fourth-order valence-electron chi connectivity index (χ4n) is 2.27. The van der Waals surface area contributed by atoms with E-state index in [2.05, 4.69) is 21.2 Å². The first-order valence-electron chi connectivity index (χ1n) is 7.80. The Morgan fingerprint density at radius 3 is 2.64 bits per heavy atom. The fraction of sp³-hybridized carbons (Fsp3) is 0.333. The summed E-state index contributed by atoms with van der Waals surface area (Å²) in [5.74, 6) is 1.32. The maximum absolute atomic E-state index is 8.89. The molecule has 2 rings (SSSR count). The summed E-state index contributed by atoms with van der Waals surface area (Å²) in [5, 5.41) is 13.2. The Kier molecular flexibility index (Phi) is 8.33. The van der Waals surface area contributed by atoms with Gasteiger partial charge in [-0.15, -0.1) is 0 Å². The molecule has 0 atom stereocenters. The van der Waals surface area contributed by atoms with Crippen molar-refractivity contribution in [2.24, 2.45) is 0 Å². The second-order valence-corrected chi connectivity index (χ2v) is 7.02. The summed E-state index contributed by atoms with van der Waals surface area (Å²) in [4.78, 5) is 0. The number of halogens is 3. The minimum absolute atomic E-state index is 0.160. The quantitative estimate of drug-likeness (QED) is 0.540. The van der Waals surface area contributed by atoms with Crippen LogP contribution in [-0.2, 0) is 13.2 Å². The van der Waals surface area contributed by atoms with Crippen LogP contribution in [0.3, 0.4) is 0 Å². The SMILES string of the molecule is COc1ccc(Br)c(CNCCCO)c1OCc1ccc(Cl)c(Cl)c1. The zero-order valence-electron chi connectivity index (χ0n) is 13.8. The molecule has 0 unspecified atom stereocenters. The zero-order valence-corrected chi connectivity index (χ0v) is 16.9. The lowest BCUT2D eigenvalue weighted by Crippen LogP contribution is -2.17. The van der Waals surface area contributed by atoms with Crippen LogP contribution in [0.25, 0.3) is 0 Å². The number of aliphatic hydroxyl groups is 1. The van der Waals surface area contributed by atoms with E-state index in [1.807, 2.05) is 18.2 Å². The minimum atomic E-state index is 0.160. The average Bonchev–Trinajstić information content (AvgIpc) is 2.61. The first-order chi connectivity index (χ1) is 12.1. The van der Waals surface area contributed by atoms with Crippen LogP contribution >= 0.6 is 39.1 Å². The highest BCUT2D eigenvalue weighted by Crippen LogP contribution is 2.37. The van der Waals surface area contributed by atoms with Crippen molar-refractivity contribution >= 4 is 39.1 Å². The van der Waals surface area contributed by atoms with E-state index in [4.69, 9.17) is 37.8 Å². The topological polar surface area (TPSA) is 50.7 Å². The summed E-state index contributed by atoms with van der Waals surface area (Å²) in [6.07, 6.45) is 0.695. The van der Waals surface area contributed by atoms with E-state index in [0.29, 0.717) is 47.7 Å². The summed E-state index contributed by atoms with van der Waals surface area (Å²) in [6.45, 7) is 1.81. The Bertz CT molecular complexity index is 713. The highest BCUT2D eigenvalue weighted by atomic mass is 79.9. The first kappa shape index (κ1) is 20.3. The van der Waals surface area contributed by atoms with Crippen molar-refractivity contribution in [2.75, 3.05) is 20.3 Å². The van der Waals surface area contributed by atoms with Gasteiger partial charge < -0.3 is 19.9 Å². The highest BCUT2D eigenvalue weighted by molar-refractivity contribution is 9.10. The van der Waals surface area contributed by atoms with Gasteiger partial charge in [-0.25, -0.2) is 0 Å². The third-order valence-corrected chi connectivity index (χ3v) is 5.05. The predicted octanol–water partition coefficient (Wildman–Crippen LogP) is 4.82. The van der Waals surface area contributed by atoms with Crippen molar-refractivity contribution in [1.82, 2.24) is 5.32 Å². The molecule has 0 saturated heterocycles. The summed E-state index contributed by atoms with van der Waals surface area (Å²) < 4.78 is 12.4. The van der Waals surface area contributed by atoms with E-state index in [1.165, 1.54) is 0 Å². The van der Waals surface area contributed by atoms with Crippen LogP contribution in [0.1, 0.15) is 17.5 Å². The van der Waals surface area contributed by atoms with Gasteiger partial charge in [0.25, 0.3) is 0 Å². The fourth-order valence-corrected chi connectivity index (χ4v) is 3.04. The molecule has 0 aromatic heterocycles. The lowest BCUT2D eigenvalue weighted by atomic mass is 10.1. The number of methoxy groups -OCH3 is 1. The van der Waals surface area contributed by atoms with Crippen LogP contribution in [0.4, 0.5) is 0 Å². The minimum Gasteiger partial charge on any atom is -0.493 e. The molecule has 0 radical (unpaired) electrons. The molecule has 136 valence electrons. The Hall–Kier alpha value is -0.980. The third-order valence-electron chi connectivity index (χ3n) is 3.57. The summed E-state index contributed by atoms with van der Waals surface area (Å²) >= 11 is 15.6. The van der Waals surface area contributed by atoms with Crippen molar-refractivity contribution in [3.63, 3.8) is 0 Å². The monoisotopic (exact) mass is 447 g/mol. The van der Waals surface area contributed by atoms with Crippen molar-refractivity contribution in [2.45, 2.75) is 19.6 Å². The highest BCUT2D eigenvalue weighted by Gasteiger charge is 2.15. The van der Waals surface area contributed by atoms with Gasteiger partial charge in [-0.1, -0.05) is 45.2 Å². The zero-order chi connectivity index (χ0) is 18.2. The number of ether oxygens (including phenoxy) is 2. The summed E-state index contributed by atoms with van der Waals surface area (Å²) in [7, 11) is 1.61. The van der Waals surface area contributed by atoms with Crippen LogP contribution in [0.2, 0.25) is 10.0 Å². The molecule has 0 spiro atoms. The molecule has 7 heteroatoms. The predicted molar refractivity (Wildman–Crippen MR) is 105 cm³/mol. The molecule has 0 aliphatic heterocycles. The van der Waals surface area contributed by atoms with Gasteiger partial charge in [0.15, 0.2) is 11.5 Å². The van der Waals surface area contributed by atoms with Gasteiger partial charge in [0.05, 0.1) is 17.2 Å². The maximum Gasteiger partial charge on any atom is 0.167 e. The molecule has 0 amide bonds. The molecule has 2 aromatic carbocycles. The number of hydrogen-bond donors (Lipinski definition) is 2. The molecule has 0 heterocycles. The van der Waals surface area contributed by atoms with Crippen molar-refractivity contribution < 1.29 is 14.6 Å². The Labute approximate surface area is 166 Å². The molecule has 0 fully saturated rings. The second kappa shape index (κ2) is 10.2. The van der Waals surface area contributed by atoms with Gasteiger partial charge in [-0.2, -0.15) is 0 Å². The normalized spacial score (nSPS) is 10.8. The molecule has 0 saturated carbocycles. The van der Waals surface area contributed by atoms with Gasteiger partial charge in [0, 0.05) is 23.2 Å². The molecule has 0 aliphatic carbocycles. The molecular weight excluding hydrogens is 429 g/mol. The lowest BCUT2D eigenvalue weighted by Gasteiger charge is -2.17. The number of aliphatic hydroxyl groups excluding tert-OH is 1. The number of nitrogens with one attached hydrogen (secondary N) is 1. The van der Waals surface area contributed by atoms with E-state index in [0.717, 1.165) is 15.6 Å². The van der Waals surface area contributed by atoms with Crippen LogP contribution in [-0.4, -0.2) is 25.4 Å². The van der Waals surface area contributed by atoms with Crippen LogP contribution in [0.5, 0.6) is 11.5 Å². The molecule has 2 N–H and O–H groups in total. The van der Waals surface area contributed by atoms with Crippen molar-refractivity contribution in [3.05, 3.63) is 56.0 Å². The number of hydrogen-bond acceptors (Lipinski definition) is 4. The van der Waals surface area contributed by atoms with Crippen LogP contribution in [0.15, 0.2) is 34.8 Å². The van der Waals surface area contributed by atoms with E-state index in [9.17, 15) is 0 Å². The Balaban J connectivity index is 2.18. The molecule has 0 aliphatic rings. The molecule has 0 bridgehead atoms. The molecule has 4 nitrogen and oxygen atoms in total. The Morgan fingerprint density at radius 1 is 1.16 bits per heavy atom. The van der Waals surface area contributed by atoms with Gasteiger partial charge in [-0.05, 0) is 42.8 Å². The average molecular weight is 449 g/mol. The van der Waals surface area contributed by atoms with Crippen molar-refractivity contribution in [3.8, 4) is 11.5 Å². The third kappa shape index (κ3) is 5.76. The number of rotatable bonds is 9. The van der Waals surface area contributed by atoms with E-state index < -0.39 is 0 Å². The molecule has 25 heavy (non-hydrogen) atoms. The van der Waals surface area contributed by atoms with Gasteiger partial charge >= 0.3 is 0 Å². The first-order valence-corrected chi connectivity index (χ1v) is 9.35.